The summed E-state index contributed by atoms with van der Waals surface area (Å²) in [5.41, 5.74) is 2.43. The number of nitrogens with zero attached hydrogens (tertiary/aromatic N) is 5. The Morgan fingerprint density at radius 2 is 2.07 bits per heavy atom. The first-order valence-corrected chi connectivity index (χ1v) is 9.13. The molecule has 28 heavy (non-hydrogen) atoms. The van der Waals surface area contributed by atoms with Gasteiger partial charge < -0.3 is 9.47 Å². The molecule has 3 aromatic rings. The van der Waals surface area contributed by atoms with Gasteiger partial charge in [0.15, 0.2) is 0 Å². The molecule has 0 radical (unpaired) electrons. The summed E-state index contributed by atoms with van der Waals surface area (Å²) in [6.07, 6.45) is 0.287. The summed E-state index contributed by atoms with van der Waals surface area (Å²) in [4.78, 5) is 19.1. The SMILES string of the molecule is Cc1nn(CC(F)(F)F)cc1C(=O)N1CCCC1Cn1cnc2ccccc21. The first kappa shape index (κ1) is 18.5. The van der Waals surface area contributed by atoms with Crippen LogP contribution < -0.4 is 0 Å². The van der Waals surface area contributed by atoms with Crippen LogP contribution >= 0.6 is 0 Å². The smallest absolute Gasteiger partial charge is 0.334 e. The van der Waals surface area contributed by atoms with E-state index in [0.29, 0.717) is 18.8 Å². The molecule has 1 saturated heterocycles. The topological polar surface area (TPSA) is 56.0 Å². The normalized spacial score (nSPS) is 17.6. The molecule has 0 saturated carbocycles. The van der Waals surface area contributed by atoms with Crippen LogP contribution in [0.2, 0.25) is 0 Å². The molecule has 0 N–H and O–H groups in total. The fourth-order valence-corrected chi connectivity index (χ4v) is 3.82. The molecule has 1 atom stereocenters. The lowest BCUT2D eigenvalue weighted by Crippen LogP contribution is -2.38. The molecule has 1 aromatic carbocycles. The van der Waals surface area contributed by atoms with E-state index in [4.69, 9.17) is 0 Å². The number of aryl methyl sites for hydroxylation is 1. The van der Waals surface area contributed by atoms with Crippen LogP contribution in [-0.4, -0.2) is 48.9 Å². The number of carbonyl (C=O) groups excluding carboxylic acids is 1. The quantitative estimate of drug-likeness (QED) is 0.685. The third-order valence-corrected chi connectivity index (χ3v) is 5.09. The van der Waals surface area contributed by atoms with Crippen molar-refractivity contribution in [3.05, 3.63) is 48.0 Å². The van der Waals surface area contributed by atoms with E-state index < -0.39 is 12.7 Å². The fourth-order valence-electron chi connectivity index (χ4n) is 3.82. The van der Waals surface area contributed by atoms with Gasteiger partial charge in [-0.2, -0.15) is 18.3 Å². The number of imidazole rings is 1. The standard InChI is InChI=1S/C19H20F3N5O/c1-13-15(10-26(24-13)11-19(20,21)22)18(28)27-8-4-5-14(27)9-25-12-23-16-6-2-3-7-17(16)25/h2-3,6-7,10,12,14H,4-5,8-9,11H2,1H3. The predicted octanol–water partition coefficient (Wildman–Crippen LogP) is 3.41. The zero-order chi connectivity index (χ0) is 19.9. The number of carbonyl (C=O) groups is 1. The van der Waals surface area contributed by atoms with Gasteiger partial charge in [0.2, 0.25) is 0 Å². The zero-order valence-corrected chi connectivity index (χ0v) is 15.4. The van der Waals surface area contributed by atoms with E-state index in [1.807, 2.05) is 28.8 Å². The summed E-state index contributed by atoms with van der Waals surface area (Å²) in [5.74, 6) is -0.266. The van der Waals surface area contributed by atoms with Crippen LogP contribution in [0.4, 0.5) is 13.2 Å². The molecule has 0 bridgehead atoms. The Hall–Kier alpha value is -2.84. The maximum Gasteiger partial charge on any atom is 0.408 e. The second-order valence-corrected chi connectivity index (χ2v) is 7.12. The molecule has 3 heterocycles. The third kappa shape index (κ3) is 3.61. The van der Waals surface area contributed by atoms with Crippen LogP contribution in [0.25, 0.3) is 11.0 Å². The maximum atomic E-state index is 13.0. The number of likely N-dealkylation sites (tertiary alicyclic amines) is 1. The number of para-hydroxylation sites is 2. The number of amides is 1. The third-order valence-electron chi connectivity index (χ3n) is 5.09. The molecule has 0 spiro atoms. The molecular formula is C19H20F3N5O. The Labute approximate surface area is 159 Å². The molecule has 2 aromatic heterocycles. The second-order valence-electron chi connectivity index (χ2n) is 7.12. The van der Waals surface area contributed by atoms with Gasteiger partial charge in [-0.3, -0.25) is 9.48 Å². The Morgan fingerprint density at radius 3 is 2.86 bits per heavy atom. The maximum absolute atomic E-state index is 13.0. The zero-order valence-electron chi connectivity index (χ0n) is 15.4. The Balaban J connectivity index is 1.54. The summed E-state index contributed by atoms with van der Waals surface area (Å²) >= 11 is 0. The number of alkyl halides is 3. The number of fused-ring (bicyclic) bond motifs is 1. The van der Waals surface area contributed by atoms with Crippen molar-refractivity contribution in [3.63, 3.8) is 0 Å². The summed E-state index contributed by atoms with van der Waals surface area (Å²) in [5, 5.41) is 3.86. The Morgan fingerprint density at radius 1 is 1.29 bits per heavy atom. The highest BCUT2D eigenvalue weighted by atomic mass is 19.4. The van der Waals surface area contributed by atoms with Crippen LogP contribution in [0.5, 0.6) is 0 Å². The van der Waals surface area contributed by atoms with Gasteiger partial charge in [-0.1, -0.05) is 12.1 Å². The van der Waals surface area contributed by atoms with Gasteiger partial charge in [-0.25, -0.2) is 4.98 Å². The number of hydrogen-bond donors (Lipinski definition) is 0. The number of aromatic nitrogens is 4. The van der Waals surface area contributed by atoms with E-state index in [0.717, 1.165) is 28.6 Å². The van der Waals surface area contributed by atoms with Gasteiger partial charge in [-0.15, -0.1) is 0 Å². The predicted molar refractivity (Wildman–Crippen MR) is 96.8 cm³/mol. The molecule has 1 amide bonds. The minimum Gasteiger partial charge on any atom is -0.334 e. The first-order chi connectivity index (χ1) is 13.3. The van der Waals surface area contributed by atoms with Crippen LogP contribution in [0.3, 0.4) is 0 Å². The van der Waals surface area contributed by atoms with Gasteiger partial charge in [0.05, 0.1) is 34.7 Å². The van der Waals surface area contributed by atoms with Gasteiger partial charge >= 0.3 is 6.18 Å². The molecule has 0 aliphatic carbocycles. The molecule has 1 aliphatic heterocycles. The molecule has 9 heteroatoms. The van der Waals surface area contributed by atoms with Crippen molar-refractivity contribution >= 4 is 16.9 Å². The Kier molecular flexibility index (Phi) is 4.60. The van der Waals surface area contributed by atoms with E-state index in [-0.39, 0.29) is 17.5 Å². The number of hydrogen-bond acceptors (Lipinski definition) is 3. The minimum atomic E-state index is -4.38. The van der Waals surface area contributed by atoms with Crippen molar-refractivity contribution in [2.45, 2.75) is 45.1 Å². The summed E-state index contributed by atoms with van der Waals surface area (Å²) in [7, 11) is 0. The number of rotatable bonds is 4. The highest BCUT2D eigenvalue weighted by Crippen LogP contribution is 2.25. The van der Waals surface area contributed by atoms with E-state index in [9.17, 15) is 18.0 Å². The highest BCUT2D eigenvalue weighted by molar-refractivity contribution is 5.95. The summed E-state index contributed by atoms with van der Waals surface area (Å²) in [6.45, 7) is 1.54. The fraction of sp³-hybridized carbons (Fsp3) is 0.421. The van der Waals surface area contributed by atoms with E-state index >= 15 is 0 Å². The molecule has 4 rings (SSSR count). The van der Waals surface area contributed by atoms with Crippen LogP contribution in [0, 0.1) is 6.92 Å². The lowest BCUT2D eigenvalue weighted by molar-refractivity contribution is -0.142. The lowest BCUT2D eigenvalue weighted by Gasteiger charge is -2.25. The molecule has 1 unspecified atom stereocenters. The minimum absolute atomic E-state index is 0.0320. The number of halogens is 3. The van der Waals surface area contributed by atoms with E-state index in [2.05, 4.69) is 10.1 Å². The lowest BCUT2D eigenvalue weighted by atomic mass is 10.2. The van der Waals surface area contributed by atoms with Crippen LogP contribution in [0.1, 0.15) is 28.9 Å². The highest BCUT2D eigenvalue weighted by Gasteiger charge is 2.33. The monoisotopic (exact) mass is 391 g/mol. The first-order valence-electron chi connectivity index (χ1n) is 9.13. The van der Waals surface area contributed by atoms with Gasteiger partial charge in [-0.05, 0) is 31.9 Å². The van der Waals surface area contributed by atoms with Gasteiger partial charge in [0.1, 0.15) is 6.54 Å². The average Bonchev–Trinajstić information content (AvgIpc) is 3.33. The van der Waals surface area contributed by atoms with Gasteiger partial charge in [0.25, 0.3) is 5.91 Å². The van der Waals surface area contributed by atoms with Crippen LogP contribution in [0.15, 0.2) is 36.8 Å². The molecular weight excluding hydrogens is 371 g/mol. The average molecular weight is 391 g/mol. The van der Waals surface area contributed by atoms with Crippen molar-refractivity contribution < 1.29 is 18.0 Å². The second kappa shape index (κ2) is 6.96. The molecule has 148 valence electrons. The van der Waals surface area contributed by atoms with Crippen molar-refractivity contribution in [1.82, 2.24) is 24.2 Å². The van der Waals surface area contributed by atoms with E-state index in [1.54, 1.807) is 18.2 Å². The number of benzene rings is 1. The summed E-state index contributed by atoms with van der Waals surface area (Å²) < 4.78 is 40.7. The largest absolute Gasteiger partial charge is 0.408 e. The van der Waals surface area contributed by atoms with Crippen molar-refractivity contribution in [3.8, 4) is 0 Å². The summed E-state index contributed by atoms with van der Waals surface area (Å²) in [6, 6.07) is 7.75. The van der Waals surface area contributed by atoms with Gasteiger partial charge in [0, 0.05) is 19.3 Å². The van der Waals surface area contributed by atoms with E-state index in [1.165, 1.54) is 6.20 Å². The van der Waals surface area contributed by atoms with Crippen molar-refractivity contribution in [2.24, 2.45) is 0 Å². The van der Waals surface area contributed by atoms with Crippen molar-refractivity contribution in [1.29, 1.82) is 0 Å². The van der Waals surface area contributed by atoms with Crippen molar-refractivity contribution in [2.75, 3.05) is 6.54 Å². The molecule has 1 fully saturated rings. The molecule has 1 aliphatic rings. The van der Waals surface area contributed by atoms with Crippen LogP contribution in [-0.2, 0) is 13.1 Å². The Bertz CT molecular complexity index is 1010. The molecule has 6 nitrogen and oxygen atoms in total.